The molecule has 2 heterocycles. The summed E-state index contributed by atoms with van der Waals surface area (Å²) in [5.41, 5.74) is 5.92. The highest BCUT2D eigenvalue weighted by Crippen LogP contribution is 2.30. The number of methoxy groups -OCH3 is 1. The van der Waals surface area contributed by atoms with E-state index in [0.717, 1.165) is 50.3 Å². The van der Waals surface area contributed by atoms with Crippen LogP contribution < -0.4 is 4.74 Å². The Morgan fingerprint density at radius 3 is 2.73 bits per heavy atom. The maximum atomic E-state index is 11.6. The van der Waals surface area contributed by atoms with Crippen molar-refractivity contribution in [3.05, 3.63) is 53.0 Å². The predicted octanol–water partition coefficient (Wildman–Crippen LogP) is 5.28. The average Bonchev–Trinajstić information content (AvgIpc) is 3.08. The van der Waals surface area contributed by atoms with Gasteiger partial charge in [-0.25, -0.2) is 0 Å². The number of nitrogens with one attached hydrogen (secondary N) is 1. The van der Waals surface area contributed by atoms with Gasteiger partial charge in [-0.15, -0.1) is 0 Å². The largest absolute Gasteiger partial charge is 0.497 e. The number of H-pyrrole nitrogens is 1. The van der Waals surface area contributed by atoms with Gasteiger partial charge in [-0.3, -0.25) is 9.69 Å². The van der Waals surface area contributed by atoms with E-state index in [0.29, 0.717) is 0 Å². The van der Waals surface area contributed by atoms with E-state index in [1.807, 2.05) is 26.1 Å². The Morgan fingerprint density at radius 2 is 2.07 bits per heavy atom. The van der Waals surface area contributed by atoms with E-state index in [9.17, 15) is 4.79 Å². The second-order valence-corrected chi connectivity index (χ2v) is 7.87. The number of ketones is 1. The van der Waals surface area contributed by atoms with E-state index in [1.165, 1.54) is 27.9 Å². The van der Waals surface area contributed by atoms with Crippen LogP contribution in [0.4, 0.5) is 0 Å². The summed E-state index contributed by atoms with van der Waals surface area (Å²) < 4.78 is 5.39. The number of aromatic nitrogens is 1. The molecule has 5 heteroatoms. The monoisotopic (exact) mass is 411 g/mol. The molecule has 164 valence electrons. The van der Waals surface area contributed by atoms with Gasteiger partial charge in [-0.2, -0.15) is 0 Å². The number of ether oxygens (including phenoxy) is 1. The van der Waals surface area contributed by atoms with E-state index in [2.05, 4.69) is 39.9 Å². The lowest BCUT2D eigenvalue weighted by Gasteiger charge is -2.28. The normalized spacial score (nSPS) is 15.0. The number of fused-ring (bicyclic) bond motifs is 3. The molecule has 2 aromatic rings. The second-order valence-electron chi connectivity index (χ2n) is 7.87. The van der Waals surface area contributed by atoms with Crippen LogP contribution in [0.15, 0.2) is 41.7 Å². The van der Waals surface area contributed by atoms with Crippen LogP contribution in [0.25, 0.3) is 10.9 Å². The first-order chi connectivity index (χ1) is 13.9. The first-order valence-electron chi connectivity index (χ1n) is 10.4. The molecule has 0 spiro atoms. The number of Topliss-reactive ketones (excluding diaryl/α,β-unsaturated/α-hetero) is 1. The molecule has 0 unspecified atom stereocenters. The Balaban J connectivity index is 0.00000320. The van der Waals surface area contributed by atoms with Crippen molar-refractivity contribution in [1.82, 2.24) is 14.8 Å². The summed E-state index contributed by atoms with van der Waals surface area (Å²) in [5.74, 6) is 1.04. The van der Waals surface area contributed by atoms with Crippen LogP contribution in [0, 0.1) is 0 Å². The zero-order chi connectivity index (χ0) is 21.0. The summed E-state index contributed by atoms with van der Waals surface area (Å²) in [5, 5.41) is 1.29. The summed E-state index contributed by atoms with van der Waals surface area (Å²) >= 11 is 0. The summed E-state index contributed by atoms with van der Waals surface area (Å²) in [4.78, 5) is 19.9. The Kier molecular flexibility index (Phi) is 8.30. The van der Waals surface area contributed by atoms with Gasteiger partial charge in [0.05, 0.1) is 7.11 Å². The van der Waals surface area contributed by atoms with E-state index < -0.39 is 0 Å². The lowest BCUT2D eigenvalue weighted by atomic mass is 10.0. The summed E-state index contributed by atoms with van der Waals surface area (Å²) in [7, 11) is 1.72. The van der Waals surface area contributed by atoms with Gasteiger partial charge in [0, 0.05) is 60.2 Å². The summed E-state index contributed by atoms with van der Waals surface area (Å²) in [6.07, 6.45) is 6.19. The fourth-order valence-corrected chi connectivity index (χ4v) is 3.89. The minimum absolute atomic E-state index is 0. The van der Waals surface area contributed by atoms with Crippen molar-refractivity contribution < 1.29 is 9.53 Å². The fourth-order valence-electron chi connectivity index (χ4n) is 3.89. The number of hydrogen-bond donors (Lipinski definition) is 1. The fraction of sp³-hybridized carbons (Fsp3) is 0.480. The summed E-state index contributed by atoms with van der Waals surface area (Å²) in [6.45, 7) is 11.6. The Hall–Kier alpha value is -2.53. The van der Waals surface area contributed by atoms with Crippen LogP contribution in [0.5, 0.6) is 5.75 Å². The van der Waals surface area contributed by atoms with Gasteiger partial charge in [0.2, 0.25) is 0 Å². The third kappa shape index (κ3) is 5.33. The van der Waals surface area contributed by atoms with Gasteiger partial charge >= 0.3 is 0 Å². The molecular formula is C25H37N3O2. The third-order valence-electron chi connectivity index (χ3n) is 5.91. The second kappa shape index (κ2) is 10.5. The Bertz CT molecular complexity index is 939. The highest BCUT2D eigenvalue weighted by molar-refractivity contribution is 5.92. The standard InChI is InChI=1S/C24H33N3O2.CH4/c1-6-18(3)27(15-17(2)19(4)28)12-7-11-26-13-10-21-22-14-20(29-5)8-9-23(22)25-24(21)16-26;/h6,8-9,14-15,25H,7,10-13,16H2,1-5H3;1H4/b17-15+,18-6+;. The molecule has 0 atom stereocenters. The molecule has 1 aliphatic rings. The molecule has 0 aliphatic carbocycles. The number of rotatable bonds is 8. The number of allylic oxidation sites excluding steroid dienone is 3. The molecule has 0 bridgehead atoms. The van der Waals surface area contributed by atoms with Gasteiger partial charge < -0.3 is 14.6 Å². The van der Waals surface area contributed by atoms with E-state index in [1.54, 1.807) is 14.0 Å². The molecule has 5 nitrogen and oxygen atoms in total. The van der Waals surface area contributed by atoms with Crippen molar-refractivity contribution in [2.24, 2.45) is 0 Å². The lowest BCUT2D eigenvalue weighted by molar-refractivity contribution is -0.113. The molecule has 1 N–H and O–H groups in total. The van der Waals surface area contributed by atoms with Crippen LogP contribution >= 0.6 is 0 Å². The van der Waals surface area contributed by atoms with Crippen molar-refractivity contribution in [2.45, 2.75) is 54.5 Å². The van der Waals surface area contributed by atoms with Crippen LogP contribution in [-0.4, -0.2) is 47.3 Å². The number of carbonyl (C=O) groups is 1. The van der Waals surface area contributed by atoms with Gasteiger partial charge in [-0.1, -0.05) is 13.5 Å². The number of aromatic amines is 1. The molecule has 0 amide bonds. The van der Waals surface area contributed by atoms with Crippen molar-refractivity contribution in [2.75, 3.05) is 26.7 Å². The third-order valence-corrected chi connectivity index (χ3v) is 5.91. The van der Waals surface area contributed by atoms with Crippen LogP contribution in [0.1, 0.15) is 52.8 Å². The SMILES string of the molecule is C.C/C=C(\C)N(/C=C(\C)C(C)=O)CCCN1CCc2c([nH]c3ccc(OC)cc23)C1. The van der Waals surface area contributed by atoms with E-state index in [4.69, 9.17) is 4.74 Å². The molecule has 0 saturated carbocycles. The maximum Gasteiger partial charge on any atom is 0.156 e. The molecule has 30 heavy (non-hydrogen) atoms. The number of benzene rings is 1. The molecule has 1 aliphatic heterocycles. The topological polar surface area (TPSA) is 48.6 Å². The smallest absolute Gasteiger partial charge is 0.156 e. The first kappa shape index (κ1) is 23.7. The molecule has 0 fully saturated rings. The van der Waals surface area contributed by atoms with E-state index in [-0.39, 0.29) is 13.2 Å². The van der Waals surface area contributed by atoms with Crippen LogP contribution in [-0.2, 0) is 17.8 Å². The quantitative estimate of drug-likeness (QED) is 0.601. The minimum Gasteiger partial charge on any atom is -0.497 e. The molecule has 0 saturated heterocycles. The van der Waals surface area contributed by atoms with Crippen LogP contribution in [0.2, 0.25) is 0 Å². The summed E-state index contributed by atoms with van der Waals surface area (Å²) in [6, 6.07) is 6.26. The van der Waals surface area contributed by atoms with Crippen molar-refractivity contribution in [3.8, 4) is 5.75 Å². The Morgan fingerprint density at radius 1 is 1.30 bits per heavy atom. The first-order valence-corrected chi connectivity index (χ1v) is 10.4. The molecule has 1 aromatic carbocycles. The number of carbonyl (C=O) groups excluding carboxylic acids is 1. The van der Waals surface area contributed by atoms with Gasteiger partial charge in [-0.05, 0) is 64.3 Å². The molecular weight excluding hydrogens is 374 g/mol. The van der Waals surface area contributed by atoms with Gasteiger partial charge in [0.15, 0.2) is 5.78 Å². The average molecular weight is 412 g/mol. The highest BCUT2D eigenvalue weighted by atomic mass is 16.5. The zero-order valence-electron chi connectivity index (χ0n) is 18.3. The highest BCUT2D eigenvalue weighted by Gasteiger charge is 2.20. The van der Waals surface area contributed by atoms with Gasteiger partial charge in [0.25, 0.3) is 0 Å². The number of nitrogens with zero attached hydrogens (tertiary/aromatic N) is 2. The minimum atomic E-state index is 0. The number of hydrogen-bond acceptors (Lipinski definition) is 4. The van der Waals surface area contributed by atoms with Gasteiger partial charge in [0.1, 0.15) is 5.75 Å². The molecule has 0 radical (unpaired) electrons. The molecule has 3 rings (SSSR count). The van der Waals surface area contributed by atoms with Crippen LogP contribution in [0.3, 0.4) is 0 Å². The predicted molar refractivity (Wildman–Crippen MR) is 126 cm³/mol. The Labute approximate surface area is 181 Å². The lowest BCUT2D eigenvalue weighted by Crippen LogP contribution is -2.32. The zero-order valence-corrected chi connectivity index (χ0v) is 18.3. The van der Waals surface area contributed by atoms with Crippen molar-refractivity contribution >= 4 is 16.7 Å². The molecule has 1 aromatic heterocycles. The van der Waals surface area contributed by atoms with E-state index >= 15 is 0 Å². The van der Waals surface area contributed by atoms with Crippen molar-refractivity contribution in [1.29, 1.82) is 0 Å². The van der Waals surface area contributed by atoms with Crippen molar-refractivity contribution in [3.63, 3.8) is 0 Å². The maximum absolute atomic E-state index is 11.6.